The molecule has 0 spiro atoms. The fourth-order valence-corrected chi connectivity index (χ4v) is 3.34. The normalized spacial score (nSPS) is 11.2. The second kappa shape index (κ2) is 6.46. The van der Waals surface area contributed by atoms with Crippen LogP contribution in [0.1, 0.15) is 16.1 Å². The van der Waals surface area contributed by atoms with E-state index in [1.807, 2.05) is 0 Å². The fraction of sp³-hybridized carbons (Fsp3) is 0. The van der Waals surface area contributed by atoms with Gasteiger partial charge in [-0.1, -0.05) is 29.8 Å². The quantitative estimate of drug-likeness (QED) is 0.539. The summed E-state index contributed by atoms with van der Waals surface area (Å²) in [7, 11) is -3.80. The number of para-hydroxylation sites is 1. The number of H-pyrrole nitrogens is 1. The predicted octanol–water partition coefficient (Wildman–Crippen LogP) is 3.09. The fourth-order valence-electron chi connectivity index (χ4n) is 2.08. The van der Waals surface area contributed by atoms with Gasteiger partial charge in [-0.15, -0.1) is 0 Å². The van der Waals surface area contributed by atoms with Crippen molar-refractivity contribution in [1.29, 1.82) is 0 Å². The van der Waals surface area contributed by atoms with Crippen LogP contribution in [0.5, 0.6) is 0 Å². The summed E-state index contributed by atoms with van der Waals surface area (Å²) in [6.45, 7) is 0. The summed E-state index contributed by atoms with van der Waals surface area (Å²) < 4.78 is 27.2. The number of aromatic nitrogens is 2. The van der Waals surface area contributed by atoms with Gasteiger partial charge in [0.15, 0.2) is 0 Å². The molecule has 0 bridgehead atoms. The van der Waals surface area contributed by atoms with Crippen LogP contribution in [0.3, 0.4) is 0 Å². The van der Waals surface area contributed by atoms with Crippen molar-refractivity contribution in [1.82, 2.24) is 9.97 Å². The SMILES string of the molecule is O=C(c1cc(S(=O)(=O)Nc2ccccc2)c[nH]1)c1cccnc1Cl. The van der Waals surface area contributed by atoms with E-state index in [2.05, 4.69) is 14.7 Å². The molecule has 3 aromatic rings. The first-order valence-corrected chi connectivity index (χ1v) is 8.75. The minimum absolute atomic E-state index is 0.0466. The first-order valence-electron chi connectivity index (χ1n) is 6.89. The van der Waals surface area contributed by atoms with Crippen LogP contribution < -0.4 is 4.72 Å². The van der Waals surface area contributed by atoms with E-state index < -0.39 is 15.8 Å². The smallest absolute Gasteiger partial charge is 0.263 e. The third kappa shape index (κ3) is 3.32. The minimum atomic E-state index is -3.80. The van der Waals surface area contributed by atoms with Gasteiger partial charge in [0.05, 0.1) is 11.3 Å². The van der Waals surface area contributed by atoms with Crippen LogP contribution in [0, 0.1) is 0 Å². The number of carbonyl (C=O) groups excluding carboxylic acids is 1. The molecule has 0 saturated carbocycles. The number of hydrogen-bond acceptors (Lipinski definition) is 4. The number of benzene rings is 1. The Hall–Kier alpha value is -2.64. The average molecular weight is 362 g/mol. The minimum Gasteiger partial charge on any atom is -0.357 e. The molecule has 2 aromatic heterocycles. The van der Waals surface area contributed by atoms with E-state index in [1.54, 1.807) is 36.4 Å². The average Bonchev–Trinajstić information content (AvgIpc) is 3.06. The molecule has 1 aromatic carbocycles. The standard InChI is InChI=1S/C16H12ClN3O3S/c17-16-13(7-4-8-18-16)15(21)14-9-12(10-19-14)24(22,23)20-11-5-2-1-3-6-11/h1-10,19-20H. The summed E-state index contributed by atoms with van der Waals surface area (Å²) in [4.78, 5) is 18.9. The van der Waals surface area contributed by atoms with Crippen LogP contribution in [0.2, 0.25) is 5.15 Å². The highest BCUT2D eigenvalue weighted by Crippen LogP contribution is 2.20. The van der Waals surface area contributed by atoms with Gasteiger partial charge >= 0.3 is 0 Å². The number of hydrogen-bond donors (Lipinski definition) is 2. The Morgan fingerprint density at radius 1 is 1.12 bits per heavy atom. The van der Waals surface area contributed by atoms with Gasteiger partial charge in [0.1, 0.15) is 10.0 Å². The Morgan fingerprint density at radius 3 is 2.58 bits per heavy atom. The van der Waals surface area contributed by atoms with Crippen molar-refractivity contribution in [3.8, 4) is 0 Å². The zero-order chi connectivity index (χ0) is 17.2. The highest BCUT2D eigenvalue weighted by molar-refractivity contribution is 7.92. The zero-order valence-electron chi connectivity index (χ0n) is 12.2. The topological polar surface area (TPSA) is 91.9 Å². The third-order valence-corrected chi connectivity index (χ3v) is 4.90. The molecule has 0 amide bonds. The lowest BCUT2D eigenvalue weighted by molar-refractivity contribution is 0.103. The molecule has 2 N–H and O–H groups in total. The number of halogens is 1. The lowest BCUT2D eigenvalue weighted by Gasteiger charge is -2.05. The van der Waals surface area contributed by atoms with E-state index in [0.29, 0.717) is 5.69 Å². The van der Waals surface area contributed by atoms with Crippen molar-refractivity contribution in [3.63, 3.8) is 0 Å². The van der Waals surface area contributed by atoms with Gasteiger partial charge in [-0.3, -0.25) is 9.52 Å². The van der Waals surface area contributed by atoms with Crippen molar-refractivity contribution in [2.45, 2.75) is 4.90 Å². The molecule has 3 rings (SSSR count). The van der Waals surface area contributed by atoms with Gasteiger partial charge < -0.3 is 4.98 Å². The number of carbonyl (C=O) groups is 1. The number of nitrogens with zero attached hydrogens (tertiary/aromatic N) is 1. The van der Waals surface area contributed by atoms with Crippen molar-refractivity contribution < 1.29 is 13.2 Å². The molecule has 0 aliphatic heterocycles. The Balaban J connectivity index is 1.88. The van der Waals surface area contributed by atoms with Gasteiger partial charge in [0, 0.05) is 18.1 Å². The summed E-state index contributed by atoms with van der Waals surface area (Å²) in [6.07, 6.45) is 2.72. The van der Waals surface area contributed by atoms with E-state index in [4.69, 9.17) is 11.6 Å². The maximum absolute atomic E-state index is 12.4. The molecular formula is C16H12ClN3O3S. The maximum atomic E-state index is 12.4. The lowest BCUT2D eigenvalue weighted by Crippen LogP contribution is -2.12. The monoisotopic (exact) mass is 361 g/mol. The number of aromatic amines is 1. The van der Waals surface area contributed by atoms with Gasteiger partial charge in [-0.2, -0.15) is 0 Å². The van der Waals surface area contributed by atoms with E-state index in [9.17, 15) is 13.2 Å². The number of anilines is 1. The molecule has 122 valence electrons. The Labute approximate surface area is 143 Å². The summed E-state index contributed by atoms with van der Waals surface area (Å²) >= 11 is 5.90. The van der Waals surface area contributed by atoms with Crippen LogP contribution in [0.25, 0.3) is 0 Å². The van der Waals surface area contributed by atoms with Crippen molar-refractivity contribution in [3.05, 3.63) is 77.3 Å². The van der Waals surface area contributed by atoms with E-state index in [1.165, 1.54) is 24.5 Å². The molecule has 6 nitrogen and oxygen atoms in total. The zero-order valence-corrected chi connectivity index (χ0v) is 13.8. The van der Waals surface area contributed by atoms with Crippen LogP contribution in [-0.4, -0.2) is 24.2 Å². The second-order valence-corrected chi connectivity index (χ2v) is 6.93. The molecule has 24 heavy (non-hydrogen) atoms. The van der Waals surface area contributed by atoms with Crippen LogP contribution in [0.4, 0.5) is 5.69 Å². The summed E-state index contributed by atoms with van der Waals surface area (Å²) in [5.41, 5.74) is 0.737. The van der Waals surface area contributed by atoms with E-state index in [-0.39, 0.29) is 21.3 Å². The highest BCUT2D eigenvalue weighted by atomic mass is 35.5. The van der Waals surface area contributed by atoms with E-state index in [0.717, 1.165) is 0 Å². The predicted molar refractivity (Wildman–Crippen MR) is 90.7 cm³/mol. The number of ketones is 1. The summed E-state index contributed by atoms with van der Waals surface area (Å²) in [5.74, 6) is -0.436. The van der Waals surface area contributed by atoms with Crippen molar-refractivity contribution in [2.75, 3.05) is 4.72 Å². The van der Waals surface area contributed by atoms with Crippen LogP contribution >= 0.6 is 11.6 Å². The number of rotatable bonds is 5. The number of pyridine rings is 1. The Morgan fingerprint density at radius 2 is 1.88 bits per heavy atom. The third-order valence-electron chi connectivity index (χ3n) is 3.24. The molecule has 0 atom stereocenters. The molecule has 8 heteroatoms. The van der Waals surface area contributed by atoms with Crippen molar-refractivity contribution in [2.24, 2.45) is 0 Å². The van der Waals surface area contributed by atoms with E-state index >= 15 is 0 Å². The van der Waals surface area contributed by atoms with Gasteiger partial charge in [0.25, 0.3) is 10.0 Å². The first kappa shape index (κ1) is 16.2. The lowest BCUT2D eigenvalue weighted by atomic mass is 10.1. The molecule has 0 aliphatic rings. The number of sulfonamides is 1. The largest absolute Gasteiger partial charge is 0.357 e. The molecule has 0 saturated heterocycles. The van der Waals surface area contributed by atoms with Crippen molar-refractivity contribution >= 4 is 33.1 Å². The first-order chi connectivity index (χ1) is 11.5. The maximum Gasteiger partial charge on any atom is 0.263 e. The highest BCUT2D eigenvalue weighted by Gasteiger charge is 2.20. The second-order valence-electron chi connectivity index (χ2n) is 4.89. The molecular weight excluding hydrogens is 350 g/mol. The summed E-state index contributed by atoms with van der Waals surface area (Å²) in [5, 5.41) is 0.0592. The van der Waals surface area contributed by atoms with Crippen LogP contribution in [-0.2, 0) is 10.0 Å². The van der Waals surface area contributed by atoms with Crippen LogP contribution in [0.15, 0.2) is 65.8 Å². The molecule has 0 fully saturated rings. The molecule has 0 aliphatic carbocycles. The molecule has 0 radical (unpaired) electrons. The molecule has 2 heterocycles. The number of nitrogens with one attached hydrogen (secondary N) is 2. The molecule has 0 unspecified atom stereocenters. The van der Waals surface area contributed by atoms with Gasteiger partial charge in [0.2, 0.25) is 5.78 Å². The Kier molecular flexibility index (Phi) is 4.37. The summed E-state index contributed by atoms with van der Waals surface area (Å²) in [6, 6.07) is 12.8. The van der Waals surface area contributed by atoms with Gasteiger partial charge in [-0.05, 0) is 30.3 Å². The Bertz CT molecular complexity index is 985. The van der Waals surface area contributed by atoms with Gasteiger partial charge in [-0.25, -0.2) is 13.4 Å².